The number of carbonyl (C=O) groups excluding carboxylic acids is 1. The van der Waals surface area contributed by atoms with Crippen molar-refractivity contribution in [2.45, 2.75) is 31.9 Å². The highest BCUT2D eigenvalue weighted by Crippen LogP contribution is 2.49. The third-order valence-electron chi connectivity index (χ3n) is 4.69. The van der Waals surface area contributed by atoms with Gasteiger partial charge in [-0.3, -0.25) is 4.79 Å². The molecule has 112 valence electrons. The summed E-state index contributed by atoms with van der Waals surface area (Å²) in [6.07, 6.45) is 1.87. The lowest BCUT2D eigenvalue weighted by molar-refractivity contribution is -0.141. The zero-order valence-electron chi connectivity index (χ0n) is 11.7. The molecule has 1 aromatic rings. The quantitative estimate of drug-likeness (QED) is 0.892. The molecule has 1 amide bonds. The second-order valence-electron chi connectivity index (χ2n) is 5.98. The number of fused-ring (bicyclic) bond motifs is 1. The molecular weight excluding hydrogens is 270 g/mol. The predicted molar refractivity (Wildman–Crippen MR) is 75.5 cm³/mol. The van der Waals surface area contributed by atoms with Crippen LogP contribution in [-0.4, -0.2) is 23.2 Å². The number of carbonyl (C=O) groups is 2. The van der Waals surface area contributed by atoms with E-state index in [4.69, 9.17) is 9.84 Å². The Morgan fingerprint density at radius 3 is 2.67 bits per heavy atom. The molecule has 2 fully saturated rings. The maximum Gasteiger partial charge on any atom is 0.407 e. The molecule has 2 saturated carbocycles. The Kier molecular flexibility index (Phi) is 3.82. The zero-order chi connectivity index (χ0) is 14.8. The summed E-state index contributed by atoms with van der Waals surface area (Å²) < 4.78 is 5.19. The first-order valence-corrected chi connectivity index (χ1v) is 7.33. The Bertz CT molecular complexity index is 530. The fourth-order valence-electron chi connectivity index (χ4n) is 3.51. The molecule has 0 bridgehead atoms. The van der Waals surface area contributed by atoms with Crippen LogP contribution < -0.4 is 5.32 Å². The van der Waals surface area contributed by atoms with Gasteiger partial charge in [0.15, 0.2) is 0 Å². The fraction of sp³-hybridized carbons (Fsp3) is 0.500. The molecule has 0 saturated heterocycles. The third kappa shape index (κ3) is 3.01. The topological polar surface area (TPSA) is 75.6 Å². The molecule has 2 N–H and O–H groups in total. The van der Waals surface area contributed by atoms with Crippen molar-refractivity contribution >= 4 is 12.1 Å². The maximum absolute atomic E-state index is 11.8. The smallest absolute Gasteiger partial charge is 0.407 e. The number of carboxylic acids is 1. The number of ether oxygens (including phenoxy) is 1. The van der Waals surface area contributed by atoms with Gasteiger partial charge in [0.25, 0.3) is 0 Å². The van der Waals surface area contributed by atoms with Crippen LogP contribution in [0.3, 0.4) is 0 Å². The van der Waals surface area contributed by atoms with Crippen molar-refractivity contribution in [2.75, 3.05) is 0 Å². The molecule has 0 aromatic heterocycles. The minimum atomic E-state index is -0.713. The van der Waals surface area contributed by atoms with Crippen molar-refractivity contribution in [3.8, 4) is 0 Å². The molecule has 0 radical (unpaired) electrons. The van der Waals surface area contributed by atoms with Crippen molar-refractivity contribution in [1.82, 2.24) is 5.32 Å². The molecule has 2 aliphatic rings. The highest BCUT2D eigenvalue weighted by atomic mass is 16.5. The van der Waals surface area contributed by atoms with E-state index in [2.05, 4.69) is 5.32 Å². The lowest BCUT2D eigenvalue weighted by Gasteiger charge is -2.40. The predicted octanol–water partition coefficient (Wildman–Crippen LogP) is 2.41. The van der Waals surface area contributed by atoms with E-state index in [1.807, 2.05) is 30.3 Å². The van der Waals surface area contributed by atoms with E-state index in [0.717, 1.165) is 18.4 Å². The van der Waals surface area contributed by atoms with Crippen LogP contribution in [0.25, 0.3) is 0 Å². The van der Waals surface area contributed by atoms with Gasteiger partial charge in [0, 0.05) is 6.04 Å². The van der Waals surface area contributed by atoms with Gasteiger partial charge in [-0.15, -0.1) is 0 Å². The highest BCUT2D eigenvalue weighted by Gasteiger charge is 2.50. The van der Waals surface area contributed by atoms with Crippen LogP contribution in [0.4, 0.5) is 4.79 Å². The Balaban J connectivity index is 1.43. The van der Waals surface area contributed by atoms with Crippen LogP contribution in [0.15, 0.2) is 30.3 Å². The molecular formula is C16H19NO4. The number of hydrogen-bond acceptors (Lipinski definition) is 3. The van der Waals surface area contributed by atoms with Crippen LogP contribution in [0.2, 0.25) is 0 Å². The van der Waals surface area contributed by atoms with Gasteiger partial charge < -0.3 is 15.2 Å². The van der Waals surface area contributed by atoms with Crippen LogP contribution in [0, 0.1) is 17.8 Å². The van der Waals surface area contributed by atoms with Crippen LogP contribution >= 0.6 is 0 Å². The largest absolute Gasteiger partial charge is 0.481 e. The second-order valence-corrected chi connectivity index (χ2v) is 5.98. The molecule has 1 aromatic carbocycles. The van der Waals surface area contributed by atoms with E-state index in [1.54, 1.807) is 0 Å². The van der Waals surface area contributed by atoms with E-state index in [-0.39, 0.29) is 18.6 Å². The molecule has 4 atom stereocenters. The minimum absolute atomic E-state index is 0.0719. The molecule has 21 heavy (non-hydrogen) atoms. The Morgan fingerprint density at radius 1 is 1.19 bits per heavy atom. The number of amides is 1. The van der Waals surface area contributed by atoms with E-state index in [9.17, 15) is 9.59 Å². The lowest BCUT2D eigenvalue weighted by atomic mass is 9.71. The molecule has 0 unspecified atom stereocenters. The van der Waals surface area contributed by atoms with E-state index in [0.29, 0.717) is 18.3 Å². The van der Waals surface area contributed by atoms with Gasteiger partial charge in [0.1, 0.15) is 6.61 Å². The summed E-state index contributed by atoms with van der Waals surface area (Å²) in [5.41, 5.74) is 0.950. The number of aliphatic carboxylic acids is 1. The summed E-state index contributed by atoms with van der Waals surface area (Å²) in [6, 6.07) is 9.59. The van der Waals surface area contributed by atoms with Gasteiger partial charge in [-0.2, -0.15) is 0 Å². The lowest BCUT2D eigenvalue weighted by Crippen LogP contribution is -2.50. The first-order chi connectivity index (χ1) is 10.1. The van der Waals surface area contributed by atoms with Gasteiger partial charge in [0.05, 0.1) is 5.92 Å². The average Bonchev–Trinajstić information content (AvgIpc) is 2.81. The number of nitrogens with one attached hydrogen (secondary N) is 1. The third-order valence-corrected chi connectivity index (χ3v) is 4.69. The second kappa shape index (κ2) is 5.76. The minimum Gasteiger partial charge on any atom is -0.481 e. The molecule has 0 heterocycles. The summed E-state index contributed by atoms with van der Waals surface area (Å²) in [7, 11) is 0. The first kappa shape index (κ1) is 13.9. The van der Waals surface area contributed by atoms with E-state index in [1.165, 1.54) is 0 Å². The Hall–Kier alpha value is -2.04. The van der Waals surface area contributed by atoms with Crippen molar-refractivity contribution in [2.24, 2.45) is 17.8 Å². The summed E-state index contributed by atoms with van der Waals surface area (Å²) in [5, 5.41) is 11.9. The average molecular weight is 289 g/mol. The van der Waals surface area contributed by atoms with Gasteiger partial charge in [-0.25, -0.2) is 4.79 Å². The first-order valence-electron chi connectivity index (χ1n) is 7.33. The van der Waals surface area contributed by atoms with Gasteiger partial charge in [-0.1, -0.05) is 30.3 Å². The van der Waals surface area contributed by atoms with Crippen molar-refractivity contribution < 1.29 is 19.4 Å². The molecule has 3 rings (SSSR count). The summed E-state index contributed by atoms with van der Waals surface area (Å²) in [6.45, 7) is 0.255. The van der Waals surface area contributed by atoms with Gasteiger partial charge >= 0.3 is 12.1 Å². The number of benzene rings is 1. The number of alkyl carbamates (subject to hydrolysis) is 1. The molecule has 2 aliphatic carbocycles. The number of rotatable bonds is 4. The maximum atomic E-state index is 11.8. The standard InChI is InChI=1S/C16H19NO4/c18-15(19)12-6-11-8-14(13(11)7-12)17-16(20)21-9-10-4-2-1-3-5-10/h1-5,11-14H,6-9H2,(H,17,20)(H,18,19)/t11-,12+,13-,14-/m0/s1. The van der Waals surface area contributed by atoms with Crippen LogP contribution in [0.1, 0.15) is 24.8 Å². The van der Waals surface area contributed by atoms with Crippen molar-refractivity contribution in [3.05, 3.63) is 35.9 Å². The summed E-state index contributed by atoms with van der Waals surface area (Å²) >= 11 is 0. The zero-order valence-corrected chi connectivity index (χ0v) is 11.7. The molecule has 0 aliphatic heterocycles. The highest BCUT2D eigenvalue weighted by molar-refractivity contribution is 5.71. The van der Waals surface area contributed by atoms with Crippen LogP contribution in [-0.2, 0) is 16.1 Å². The summed E-state index contributed by atoms with van der Waals surface area (Å²) in [5.74, 6) is -0.206. The fourth-order valence-corrected chi connectivity index (χ4v) is 3.51. The van der Waals surface area contributed by atoms with Crippen molar-refractivity contribution in [1.29, 1.82) is 0 Å². The summed E-state index contributed by atoms with van der Waals surface area (Å²) in [4.78, 5) is 22.8. The van der Waals surface area contributed by atoms with Gasteiger partial charge in [0.2, 0.25) is 0 Å². The Morgan fingerprint density at radius 2 is 1.95 bits per heavy atom. The van der Waals surface area contributed by atoms with Crippen LogP contribution in [0.5, 0.6) is 0 Å². The molecule has 0 spiro atoms. The van der Waals surface area contributed by atoms with Crippen molar-refractivity contribution in [3.63, 3.8) is 0 Å². The molecule has 5 heteroatoms. The normalized spacial score (nSPS) is 30.1. The van der Waals surface area contributed by atoms with E-state index < -0.39 is 12.1 Å². The number of carboxylic acid groups (broad SMARTS) is 1. The van der Waals surface area contributed by atoms with E-state index >= 15 is 0 Å². The Labute approximate surface area is 123 Å². The van der Waals surface area contributed by atoms with Gasteiger partial charge in [-0.05, 0) is 36.7 Å². The number of hydrogen-bond donors (Lipinski definition) is 2. The SMILES string of the molecule is O=C(N[C@H]1C[C@@H]2C[C@@H](C(=O)O)C[C@@H]21)OCc1ccccc1. The molecule has 5 nitrogen and oxygen atoms in total. The monoisotopic (exact) mass is 289 g/mol.